The van der Waals surface area contributed by atoms with Crippen LogP contribution in [0.3, 0.4) is 0 Å². The Morgan fingerprint density at radius 1 is 1.24 bits per heavy atom. The lowest BCUT2D eigenvalue weighted by atomic mass is 10.0. The molecule has 0 aliphatic carbocycles. The number of carbonyl (C=O) groups is 2. The fourth-order valence-electron chi connectivity index (χ4n) is 4.09. The van der Waals surface area contributed by atoms with Gasteiger partial charge in [-0.25, -0.2) is 0 Å². The Balaban J connectivity index is 1.76. The first kappa shape index (κ1) is 17.9. The molecule has 0 spiro atoms. The van der Waals surface area contributed by atoms with Gasteiger partial charge in [0.15, 0.2) is 0 Å². The minimum Gasteiger partial charge on any atom is -0.338 e. The van der Waals surface area contributed by atoms with Gasteiger partial charge in [-0.1, -0.05) is 13.0 Å². The van der Waals surface area contributed by atoms with Gasteiger partial charge in [-0.05, 0) is 62.9 Å². The number of anilines is 1. The Morgan fingerprint density at radius 2 is 1.96 bits per heavy atom. The number of benzene rings is 1. The highest BCUT2D eigenvalue weighted by molar-refractivity contribution is 6.09. The molecule has 2 aliphatic rings. The maximum absolute atomic E-state index is 13.1. The van der Waals surface area contributed by atoms with E-state index in [0.29, 0.717) is 13.0 Å². The van der Waals surface area contributed by atoms with E-state index >= 15 is 0 Å². The van der Waals surface area contributed by atoms with Gasteiger partial charge in [0.2, 0.25) is 11.8 Å². The predicted molar refractivity (Wildman–Crippen MR) is 99.7 cm³/mol. The van der Waals surface area contributed by atoms with E-state index in [2.05, 4.69) is 18.3 Å². The van der Waals surface area contributed by atoms with E-state index in [-0.39, 0.29) is 17.9 Å². The van der Waals surface area contributed by atoms with Crippen molar-refractivity contribution in [3.05, 3.63) is 29.3 Å². The molecule has 5 nitrogen and oxygen atoms in total. The van der Waals surface area contributed by atoms with E-state index in [1.807, 2.05) is 30.9 Å². The Kier molecular flexibility index (Phi) is 5.42. The summed E-state index contributed by atoms with van der Waals surface area (Å²) in [6.07, 6.45) is 2.52. The number of hydrogen-bond acceptors (Lipinski definition) is 3. The van der Waals surface area contributed by atoms with Crippen molar-refractivity contribution in [3.63, 3.8) is 0 Å². The van der Waals surface area contributed by atoms with Crippen LogP contribution in [0.4, 0.5) is 5.69 Å². The maximum Gasteiger partial charge on any atom is 0.239 e. The van der Waals surface area contributed by atoms with Crippen molar-refractivity contribution in [1.29, 1.82) is 0 Å². The fourth-order valence-corrected chi connectivity index (χ4v) is 4.09. The summed E-state index contributed by atoms with van der Waals surface area (Å²) in [5.74, 6) is -0.539. The third-order valence-electron chi connectivity index (χ3n) is 5.24. The lowest BCUT2D eigenvalue weighted by molar-refractivity contribution is -0.141. The van der Waals surface area contributed by atoms with Crippen LogP contribution in [0.1, 0.15) is 37.3 Å². The van der Waals surface area contributed by atoms with Crippen LogP contribution in [0, 0.1) is 19.8 Å². The molecule has 1 N–H and O–H groups in total. The van der Waals surface area contributed by atoms with E-state index in [1.165, 1.54) is 0 Å². The second-order valence-electron chi connectivity index (χ2n) is 7.36. The molecule has 2 aliphatic heterocycles. The number of rotatable bonds is 5. The lowest BCUT2D eigenvalue weighted by Gasteiger charge is -2.30. The third kappa shape index (κ3) is 3.71. The summed E-state index contributed by atoms with van der Waals surface area (Å²) in [5.41, 5.74) is 3.20. The zero-order valence-electron chi connectivity index (χ0n) is 15.5. The summed E-state index contributed by atoms with van der Waals surface area (Å²) in [6, 6.07) is 6.39. The van der Waals surface area contributed by atoms with Crippen molar-refractivity contribution in [3.8, 4) is 0 Å². The zero-order chi connectivity index (χ0) is 18.0. The molecule has 0 saturated carbocycles. The number of nitrogens with one attached hydrogen (secondary N) is 1. The van der Waals surface area contributed by atoms with Gasteiger partial charge in [0.05, 0.1) is 0 Å². The predicted octanol–water partition coefficient (Wildman–Crippen LogP) is 2.26. The minimum absolute atomic E-state index is 0.0208. The van der Waals surface area contributed by atoms with Crippen LogP contribution >= 0.6 is 0 Å². The van der Waals surface area contributed by atoms with Gasteiger partial charge in [-0.15, -0.1) is 0 Å². The maximum atomic E-state index is 13.1. The number of amides is 2. The molecule has 1 aromatic rings. The van der Waals surface area contributed by atoms with Gasteiger partial charge < -0.3 is 15.1 Å². The molecule has 2 fully saturated rings. The van der Waals surface area contributed by atoms with Crippen LogP contribution in [-0.2, 0) is 9.59 Å². The molecule has 2 heterocycles. The van der Waals surface area contributed by atoms with E-state index in [4.69, 9.17) is 0 Å². The van der Waals surface area contributed by atoms with Crippen molar-refractivity contribution in [2.75, 3.05) is 31.1 Å². The van der Waals surface area contributed by atoms with E-state index in [9.17, 15) is 9.59 Å². The second kappa shape index (κ2) is 7.56. The quantitative estimate of drug-likeness (QED) is 0.835. The first-order valence-corrected chi connectivity index (χ1v) is 9.42. The van der Waals surface area contributed by atoms with Crippen LogP contribution in [-0.4, -0.2) is 48.9 Å². The van der Waals surface area contributed by atoms with Crippen molar-refractivity contribution in [2.45, 2.75) is 46.1 Å². The van der Waals surface area contributed by atoms with Gasteiger partial charge >= 0.3 is 0 Å². The molecule has 25 heavy (non-hydrogen) atoms. The number of carbonyl (C=O) groups excluding carboxylic acids is 2. The molecule has 2 unspecified atom stereocenters. The monoisotopic (exact) mass is 343 g/mol. The molecule has 2 saturated heterocycles. The summed E-state index contributed by atoms with van der Waals surface area (Å²) in [6.45, 7) is 9.31. The summed E-state index contributed by atoms with van der Waals surface area (Å²) in [5, 5.41) is 3.33. The van der Waals surface area contributed by atoms with Crippen molar-refractivity contribution in [1.82, 2.24) is 10.2 Å². The van der Waals surface area contributed by atoms with Crippen molar-refractivity contribution < 1.29 is 9.59 Å². The average Bonchev–Trinajstić information content (AvgIpc) is 3.20. The number of aryl methyl sites for hydroxylation is 2. The highest BCUT2D eigenvalue weighted by Gasteiger charge is 2.41. The molecular weight excluding hydrogens is 314 g/mol. The van der Waals surface area contributed by atoms with Crippen LogP contribution in [0.5, 0.6) is 0 Å². The van der Waals surface area contributed by atoms with Gasteiger partial charge in [0.1, 0.15) is 5.92 Å². The Bertz CT molecular complexity index is 632. The smallest absolute Gasteiger partial charge is 0.239 e. The normalized spacial score (nSPS) is 23.3. The highest BCUT2D eigenvalue weighted by Crippen LogP contribution is 2.29. The lowest BCUT2D eigenvalue weighted by Crippen LogP contribution is -2.47. The SMILES string of the molecule is CCCN(C(=O)C1CCN(c2cc(C)cc(C)c2)C1=O)C1CCNC1. The van der Waals surface area contributed by atoms with E-state index in [1.54, 1.807) is 4.90 Å². The van der Waals surface area contributed by atoms with Gasteiger partial charge in [-0.3, -0.25) is 9.59 Å². The molecule has 2 atom stereocenters. The van der Waals surface area contributed by atoms with E-state index < -0.39 is 5.92 Å². The topological polar surface area (TPSA) is 52.7 Å². The molecule has 0 radical (unpaired) electrons. The highest BCUT2D eigenvalue weighted by atomic mass is 16.2. The second-order valence-corrected chi connectivity index (χ2v) is 7.36. The largest absolute Gasteiger partial charge is 0.338 e. The Morgan fingerprint density at radius 3 is 2.56 bits per heavy atom. The van der Waals surface area contributed by atoms with Crippen LogP contribution in [0.15, 0.2) is 18.2 Å². The number of hydrogen-bond donors (Lipinski definition) is 1. The first-order valence-electron chi connectivity index (χ1n) is 9.42. The van der Waals surface area contributed by atoms with Crippen molar-refractivity contribution >= 4 is 17.5 Å². The molecule has 5 heteroatoms. The standard InChI is InChI=1S/C20H29N3O2/c1-4-8-22(16-5-7-21-13-16)19(24)18-6-9-23(20(18)25)17-11-14(2)10-15(3)12-17/h10-12,16,18,21H,4-9,13H2,1-3H3. The van der Waals surface area contributed by atoms with Crippen LogP contribution in [0.2, 0.25) is 0 Å². The van der Waals surface area contributed by atoms with Gasteiger partial charge in [0, 0.05) is 31.4 Å². The molecule has 3 rings (SSSR count). The summed E-state index contributed by atoms with van der Waals surface area (Å²) in [4.78, 5) is 29.8. The minimum atomic E-state index is -0.520. The molecule has 0 aromatic heterocycles. The number of nitrogens with zero attached hydrogens (tertiary/aromatic N) is 2. The molecule has 136 valence electrons. The molecule has 0 bridgehead atoms. The molecule has 1 aromatic carbocycles. The van der Waals surface area contributed by atoms with Crippen LogP contribution < -0.4 is 10.2 Å². The van der Waals surface area contributed by atoms with Gasteiger partial charge in [0.25, 0.3) is 0 Å². The first-order chi connectivity index (χ1) is 12.0. The summed E-state index contributed by atoms with van der Waals surface area (Å²) in [7, 11) is 0. The third-order valence-corrected chi connectivity index (χ3v) is 5.24. The molecule has 2 amide bonds. The zero-order valence-corrected chi connectivity index (χ0v) is 15.5. The molecular formula is C20H29N3O2. The fraction of sp³-hybridized carbons (Fsp3) is 0.600. The van der Waals surface area contributed by atoms with Crippen molar-refractivity contribution in [2.24, 2.45) is 5.92 Å². The summed E-state index contributed by atoms with van der Waals surface area (Å²) >= 11 is 0. The Hall–Kier alpha value is -1.88. The summed E-state index contributed by atoms with van der Waals surface area (Å²) < 4.78 is 0. The Labute approximate surface area is 150 Å². The van der Waals surface area contributed by atoms with E-state index in [0.717, 1.165) is 49.3 Å². The average molecular weight is 343 g/mol. The van der Waals surface area contributed by atoms with Gasteiger partial charge in [-0.2, -0.15) is 0 Å². The van der Waals surface area contributed by atoms with Crippen LogP contribution in [0.25, 0.3) is 0 Å².